The topological polar surface area (TPSA) is 23.6 Å². The highest BCUT2D eigenvalue weighted by atomic mass is 16.2. The van der Waals surface area contributed by atoms with Crippen molar-refractivity contribution in [2.24, 2.45) is 5.92 Å². The molecule has 0 unspecified atom stereocenters. The monoisotopic (exact) mass is 222 g/mol. The lowest BCUT2D eigenvalue weighted by molar-refractivity contribution is 0.136. The van der Waals surface area contributed by atoms with Crippen LogP contribution in [0, 0.1) is 5.92 Å². The summed E-state index contributed by atoms with van der Waals surface area (Å²) < 4.78 is 0. The second kappa shape index (κ2) is 4.89. The summed E-state index contributed by atoms with van der Waals surface area (Å²) in [5.74, 6) is 0.776. The van der Waals surface area contributed by atoms with E-state index in [0.29, 0.717) is 12.6 Å². The molecule has 2 amide bonds. The van der Waals surface area contributed by atoms with Crippen molar-refractivity contribution in [2.45, 2.75) is 38.6 Å². The third kappa shape index (κ3) is 2.57. The Morgan fingerprint density at radius 1 is 1.38 bits per heavy atom. The molecule has 16 heavy (non-hydrogen) atoms. The zero-order valence-corrected chi connectivity index (χ0v) is 10.2. The fourth-order valence-electron chi connectivity index (χ4n) is 2.29. The van der Waals surface area contributed by atoms with E-state index in [1.807, 2.05) is 15.9 Å². The molecule has 2 aliphatic rings. The molecule has 0 N–H and O–H groups in total. The Hall–Kier alpha value is -0.990. The van der Waals surface area contributed by atoms with Crippen LogP contribution in [-0.2, 0) is 0 Å². The summed E-state index contributed by atoms with van der Waals surface area (Å²) in [6.07, 6.45) is 6.48. The molecule has 0 spiro atoms. The second-order valence-corrected chi connectivity index (χ2v) is 5.12. The van der Waals surface area contributed by atoms with Crippen molar-refractivity contribution >= 4 is 6.03 Å². The fourth-order valence-corrected chi connectivity index (χ4v) is 2.29. The van der Waals surface area contributed by atoms with E-state index in [0.717, 1.165) is 31.8 Å². The molecule has 2 rings (SSSR count). The van der Waals surface area contributed by atoms with Gasteiger partial charge in [-0.25, -0.2) is 4.79 Å². The molecule has 1 aliphatic heterocycles. The largest absolute Gasteiger partial charge is 0.325 e. The van der Waals surface area contributed by atoms with Crippen molar-refractivity contribution in [1.82, 2.24) is 9.80 Å². The van der Waals surface area contributed by atoms with Gasteiger partial charge in [0.05, 0.1) is 0 Å². The van der Waals surface area contributed by atoms with Crippen LogP contribution in [0.5, 0.6) is 0 Å². The highest BCUT2D eigenvalue weighted by molar-refractivity contribution is 5.75. The van der Waals surface area contributed by atoms with E-state index >= 15 is 0 Å². The SMILES string of the molecule is C=CCN(C(=O)N1CCC(C)CC1)C1CC1. The lowest BCUT2D eigenvalue weighted by Crippen LogP contribution is -2.47. The van der Waals surface area contributed by atoms with Crippen molar-refractivity contribution in [3.8, 4) is 0 Å². The van der Waals surface area contributed by atoms with Crippen LogP contribution in [-0.4, -0.2) is 41.5 Å². The van der Waals surface area contributed by atoms with E-state index < -0.39 is 0 Å². The van der Waals surface area contributed by atoms with Gasteiger partial charge >= 0.3 is 6.03 Å². The number of hydrogen-bond acceptors (Lipinski definition) is 1. The van der Waals surface area contributed by atoms with Gasteiger partial charge in [0.2, 0.25) is 0 Å². The number of likely N-dealkylation sites (tertiary alicyclic amines) is 1. The van der Waals surface area contributed by atoms with Crippen molar-refractivity contribution in [3.63, 3.8) is 0 Å². The minimum absolute atomic E-state index is 0.231. The maximum atomic E-state index is 12.3. The first-order valence-corrected chi connectivity index (χ1v) is 6.39. The quantitative estimate of drug-likeness (QED) is 0.673. The van der Waals surface area contributed by atoms with Crippen molar-refractivity contribution < 1.29 is 4.79 Å². The molecule has 0 aromatic rings. The van der Waals surface area contributed by atoms with Gasteiger partial charge < -0.3 is 9.80 Å². The van der Waals surface area contributed by atoms with Gasteiger partial charge in [0.1, 0.15) is 0 Å². The Labute approximate surface area is 98.1 Å². The van der Waals surface area contributed by atoms with Crippen molar-refractivity contribution in [2.75, 3.05) is 19.6 Å². The average Bonchev–Trinajstić information content (AvgIpc) is 3.10. The van der Waals surface area contributed by atoms with Gasteiger partial charge in [0.25, 0.3) is 0 Å². The minimum Gasteiger partial charge on any atom is -0.325 e. The van der Waals surface area contributed by atoms with Crippen LogP contribution in [0.25, 0.3) is 0 Å². The van der Waals surface area contributed by atoms with Crippen molar-refractivity contribution in [1.29, 1.82) is 0 Å². The molecule has 0 aromatic heterocycles. The number of hydrogen-bond donors (Lipinski definition) is 0. The van der Waals surface area contributed by atoms with Gasteiger partial charge in [-0.15, -0.1) is 6.58 Å². The molecule has 90 valence electrons. The second-order valence-electron chi connectivity index (χ2n) is 5.12. The van der Waals surface area contributed by atoms with Gasteiger partial charge in [-0.3, -0.25) is 0 Å². The zero-order chi connectivity index (χ0) is 11.5. The van der Waals surface area contributed by atoms with Crippen LogP contribution in [0.3, 0.4) is 0 Å². The van der Waals surface area contributed by atoms with Crippen LogP contribution in [0.2, 0.25) is 0 Å². The predicted octanol–water partition coefficient (Wildman–Crippen LogP) is 2.49. The third-order valence-corrected chi connectivity index (χ3v) is 3.61. The van der Waals surface area contributed by atoms with Gasteiger partial charge in [-0.2, -0.15) is 0 Å². The number of nitrogens with zero attached hydrogens (tertiary/aromatic N) is 2. The standard InChI is InChI=1S/C13H22N2O/c1-3-8-15(12-4-5-12)13(16)14-9-6-11(2)7-10-14/h3,11-12H,1,4-10H2,2H3. The molecular weight excluding hydrogens is 200 g/mol. The Morgan fingerprint density at radius 2 is 2.00 bits per heavy atom. The molecule has 1 saturated heterocycles. The summed E-state index contributed by atoms with van der Waals surface area (Å²) in [6.45, 7) is 8.57. The van der Waals surface area contributed by atoms with E-state index in [4.69, 9.17) is 0 Å². The van der Waals surface area contributed by atoms with Crippen LogP contribution >= 0.6 is 0 Å². The lowest BCUT2D eigenvalue weighted by atomic mass is 9.99. The third-order valence-electron chi connectivity index (χ3n) is 3.61. The maximum absolute atomic E-state index is 12.3. The smallest absolute Gasteiger partial charge is 0.320 e. The number of amides is 2. The number of carbonyl (C=O) groups excluding carboxylic acids is 1. The molecule has 3 heteroatoms. The van der Waals surface area contributed by atoms with E-state index in [9.17, 15) is 4.79 Å². The fraction of sp³-hybridized carbons (Fsp3) is 0.769. The first kappa shape index (κ1) is 11.5. The molecule has 1 aliphatic carbocycles. The van der Waals surface area contributed by atoms with Gasteiger partial charge in [0, 0.05) is 25.7 Å². The average molecular weight is 222 g/mol. The molecule has 0 radical (unpaired) electrons. The normalized spacial score (nSPS) is 21.9. The summed E-state index contributed by atoms with van der Waals surface area (Å²) >= 11 is 0. The van der Waals surface area contributed by atoms with Gasteiger partial charge in [-0.1, -0.05) is 13.0 Å². The van der Waals surface area contributed by atoms with Gasteiger partial charge in [0.15, 0.2) is 0 Å². The van der Waals surface area contributed by atoms with E-state index in [1.54, 1.807) is 0 Å². The molecular formula is C13H22N2O. The number of piperidine rings is 1. The highest BCUT2D eigenvalue weighted by Gasteiger charge is 2.34. The summed E-state index contributed by atoms with van der Waals surface area (Å²) in [6, 6.07) is 0.721. The van der Waals surface area contributed by atoms with Gasteiger partial charge in [-0.05, 0) is 31.6 Å². The van der Waals surface area contributed by atoms with E-state index in [2.05, 4.69) is 13.5 Å². The molecule has 1 saturated carbocycles. The molecule has 0 atom stereocenters. The zero-order valence-electron chi connectivity index (χ0n) is 10.2. The van der Waals surface area contributed by atoms with Crippen LogP contribution in [0.1, 0.15) is 32.6 Å². The number of urea groups is 1. The summed E-state index contributed by atoms with van der Waals surface area (Å²) in [4.78, 5) is 16.3. The Morgan fingerprint density at radius 3 is 2.50 bits per heavy atom. The number of rotatable bonds is 3. The molecule has 2 fully saturated rings. The van der Waals surface area contributed by atoms with Crippen LogP contribution in [0.15, 0.2) is 12.7 Å². The molecule has 0 aromatic carbocycles. The van der Waals surface area contributed by atoms with E-state index in [1.165, 1.54) is 12.8 Å². The maximum Gasteiger partial charge on any atom is 0.320 e. The minimum atomic E-state index is 0.231. The summed E-state index contributed by atoms with van der Waals surface area (Å²) in [5, 5.41) is 0. The first-order chi connectivity index (χ1) is 7.72. The predicted molar refractivity (Wildman–Crippen MR) is 65.3 cm³/mol. The molecule has 3 nitrogen and oxygen atoms in total. The van der Waals surface area contributed by atoms with Crippen LogP contribution in [0.4, 0.5) is 4.79 Å². The molecule has 0 bridgehead atoms. The Bertz CT molecular complexity index is 265. The summed E-state index contributed by atoms with van der Waals surface area (Å²) in [7, 11) is 0. The molecule has 1 heterocycles. The first-order valence-electron chi connectivity index (χ1n) is 6.39. The van der Waals surface area contributed by atoms with E-state index in [-0.39, 0.29) is 6.03 Å². The van der Waals surface area contributed by atoms with Crippen LogP contribution < -0.4 is 0 Å². The Kier molecular flexibility index (Phi) is 3.52. The lowest BCUT2D eigenvalue weighted by Gasteiger charge is -2.34. The Balaban J connectivity index is 1.91. The van der Waals surface area contributed by atoms with Crippen molar-refractivity contribution in [3.05, 3.63) is 12.7 Å². The highest BCUT2D eigenvalue weighted by Crippen LogP contribution is 2.28. The number of carbonyl (C=O) groups is 1. The summed E-state index contributed by atoms with van der Waals surface area (Å²) in [5.41, 5.74) is 0.